The quantitative estimate of drug-likeness (QED) is 0.0631. The number of rotatable bonds is 16. The van der Waals surface area contributed by atoms with Crippen LogP contribution < -0.4 is 38.9 Å². The fraction of sp³-hybridized carbons (Fsp3) is 0.714. The minimum absolute atomic E-state index is 0.0456. The first kappa shape index (κ1) is 31.6. The van der Waals surface area contributed by atoms with E-state index in [2.05, 4.69) is 20.9 Å². The van der Waals surface area contributed by atoms with Gasteiger partial charge in [-0.15, -0.1) is 0 Å². The largest absolute Gasteiger partial charge is 0.480 e. The van der Waals surface area contributed by atoms with Crippen molar-refractivity contribution >= 4 is 35.6 Å². The zero-order valence-corrected chi connectivity index (χ0v) is 20.7. The third kappa shape index (κ3) is 12.0. The standard InChI is InChI=1S/C21H40N8O6/c1-5-11(4)16(20(34)35)29-17(31)12(7-6-8-26-21(24)25)27-18(32)13(9-14(22)30)28-19(33)15(23)10(2)3/h10-13,15-16H,5-9,23H2,1-4H3,(H2,22,30)(H,27,32)(H,28,33)(H,29,31)(H,34,35)(H4,24,25,26). The Morgan fingerprint density at radius 2 is 1.43 bits per heavy atom. The molecule has 14 nitrogen and oxygen atoms in total. The lowest BCUT2D eigenvalue weighted by Gasteiger charge is -2.26. The molecule has 0 aliphatic carbocycles. The Kier molecular flexibility index (Phi) is 14.0. The molecule has 4 amide bonds. The normalized spacial score (nSPS) is 15.1. The molecule has 12 N–H and O–H groups in total. The number of carboxylic acid groups (broad SMARTS) is 1. The number of amides is 4. The summed E-state index contributed by atoms with van der Waals surface area (Å²) in [6.07, 6.45) is 0.267. The number of nitrogens with two attached hydrogens (primary N) is 4. The van der Waals surface area contributed by atoms with E-state index in [0.717, 1.165) is 0 Å². The Balaban J connectivity index is 5.71. The third-order valence-corrected chi connectivity index (χ3v) is 5.41. The molecule has 0 saturated carbocycles. The van der Waals surface area contributed by atoms with E-state index in [9.17, 15) is 29.1 Å². The highest BCUT2D eigenvalue weighted by Gasteiger charge is 2.32. The van der Waals surface area contributed by atoms with Crippen molar-refractivity contribution in [3.63, 3.8) is 0 Å². The SMILES string of the molecule is CCC(C)C(NC(=O)C(CCCN=C(N)N)NC(=O)C(CC(N)=O)NC(=O)C(N)C(C)C)C(=O)O. The molecule has 0 aromatic carbocycles. The first-order chi connectivity index (χ1) is 16.2. The molecule has 5 atom stereocenters. The van der Waals surface area contributed by atoms with E-state index >= 15 is 0 Å². The van der Waals surface area contributed by atoms with Gasteiger partial charge in [-0.05, 0) is 24.7 Å². The van der Waals surface area contributed by atoms with E-state index in [-0.39, 0.29) is 37.2 Å². The summed E-state index contributed by atoms with van der Waals surface area (Å²) in [4.78, 5) is 65.2. The van der Waals surface area contributed by atoms with Crippen LogP contribution >= 0.6 is 0 Å². The van der Waals surface area contributed by atoms with Crippen LogP contribution in [-0.4, -0.2) is 71.4 Å². The summed E-state index contributed by atoms with van der Waals surface area (Å²) in [5.74, 6) is -5.13. The van der Waals surface area contributed by atoms with E-state index in [1.807, 2.05) is 0 Å². The van der Waals surface area contributed by atoms with Crippen molar-refractivity contribution in [3.05, 3.63) is 0 Å². The predicted molar refractivity (Wildman–Crippen MR) is 129 cm³/mol. The topological polar surface area (TPSA) is 258 Å². The predicted octanol–water partition coefficient (Wildman–Crippen LogP) is -2.52. The minimum atomic E-state index is -1.39. The molecule has 5 unspecified atom stereocenters. The molecular formula is C21H40N8O6. The maximum absolute atomic E-state index is 12.9. The second kappa shape index (κ2) is 15.5. The number of aliphatic carboxylic acids is 1. The van der Waals surface area contributed by atoms with Crippen LogP contribution in [-0.2, 0) is 24.0 Å². The summed E-state index contributed by atoms with van der Waals surface area (Å²) in [6.45, 7) is 7.02. The van der Waals surface area contributed by atoms with Crippen LogP contribution in [0.3, 0.4) is 0 Å². The lowest BCUT2D eigenvalue weighted by molar-refractivity contribution is -0.144. The Labute approximate surface area is 205 Å². The maximum Gasteiger partial charge on any atom is 0.326 e. The van der Waals surface area contributed by atoms with Crippen molar-refractivity contribution in [3.8, 4) is 0 Å². The number of guanidine groups is 1. The van der Waals surface area contributed by atoms with Crippen molar-refractivity contribution in [1.82, 2.24) is 16.0 Å². The monoisotopic (exact) mass is 500 g/mol. The van der Waals surface area contributed by atoms with Gasteiger partial charge >= 0.3 is 5.97 Å². The van der Waals surface area contributed by atoms with Gasteiger partial charge in [-0.3, -0.25) is 24.2 Å². The lowest BCUT2D eigenvalue weighted by Crippen LogP contribution is -2.58. The van der Waals surface area contributed by atoms with Crippen LogP contribution in [0.25, 0.3) is 0 Å². The van der Waals surface area contributed by atoms with Crippen molar-refractivity contribution < 1.29 is 29.1 Å². The molecule has 0 rings (SSSR count). The number of carbonyl (C=O) groups excluding carboxylic acids is 4. The van der Waals surface area contributed by atoms with Gasteiger partial charge < -0.3 is 44.0 Å². The average molecular weight is 501 g/mol. The molecule has 0 aromatic rings. The number of carboxylic acids is 1. The molecule has 0 radical (unpaired) electrons. The number of primary amides is 1. The number of aliphatic imine (C=N–C) groups is 1. The van der Waals surface area contributed by atoms with Crippen LogP contribution in [0.15, 0.2) is 4.99 Å². The molecule has 0 heterocycles. The van der Waals surface area contributed by atoms with Crippen molar-refractivity contribution in [2.24, 2.45) is 39.8 Å². The number of hydrogen-bond acceptors (Lipinski definition) is 7. The summed E-state index contributed by atoms with van der Waals surface area (Å²) >= 11 is 0. The molecule has 0 spiro atoms. The Hall–Kier alpha value is -3.42. The Morgan fingerprint density at radius 1 is 0.886 bits per heavy atom. The van der Waals surface area contributed by atoms with E-state index in [1.54, 1.807) is 27.7 Å². The van der Waals surface area contributed by atoms with Crippen LogP contribution in [0.5, 0.6) is 0 Å². The molecule has 200 valence electrons. The Morgan fingerprint density at radius 3 is 1.89 bits per heavy atom. The molecule has 35 heavy (non-hydrogen) atoms. The molecule has 14 heteroatoms. The fourth-order valence-corrected chi connectivity index (χ4v) is 2.96. The zero-order valence-electron chi connectivity index (χ0n) is 20.7. The fourth-order valence-electron chi connectivity index (χ4n) is 2.96. The van der Waals surface area contributed by atoms with Crippen LogP contribution in [0.4, 0.5) is 0 Å². The van der Waals surface area contributed by atoms with Gasteiger partial charge in [-0.2, -0.15) is 0 Å². The van der Waals surface area contributed by atoms with Crippen molar-refractivity contribution in [2.45, 2.75) is 77.5 Å². The van der Waals surface area contributed by atoms with Crippen molar-refractivity contribution in [2.75, 3.05) is 6.54 Å². The van der Waals surface area contributed by atoms with Gasteiger partial charge in [0.05, 0.1) is 12.5 Å². The first-order valence-corrected chi connectivity index (χ1v) is 11.4. The van der Waals surface area contributed by atoms with Crippen LogP contribution in [0.1, 0.15) is 53.4 Å². The first-order valence-electron chi connectivity index (χ1n) is 11.4. The van der Waals surface area contributed by atoms with Gasteiger partial charge in [-0.1, -0.05) is 34.1 Å². The zero-order chi connectivity index (χ0) is 27.3. The Bertz CT molecular complexity index is 784. The highest BCUT2D eigenvalue weighted by molar-refractivity contribution is 5.96. The lowest BCUT2D eigenvalue weighted by atomic mass is 9.98. The molecule has 0 aromatic heterocycles. The van der Waals surface area contributed by atoms with Crippen LogP contribution in [0.2, 0.25) is 0 Å². The second-order valence-corrected chi connectivity index (χ2v) is 8.72. The summed E-state index contributed by atoms with van der Waals surface area (Å²) in [6, 6.07) is -4.71. The van der Waals surface area contributed by atoms with Crippen molar-refractivity contribution in [1.29, 1.82) is 0 Å². The summed E-state index contributed by atoms with van der Waals surface area (Å²) < 4.78 is 0. The summed E-state index contributed by atoms with van der Waals surface area (Å²) in [7, 11) is 0. The molecule has 0 aliphatic heterocycles. The highest BCUT2D eigenvalue weighted by Crippen LogP contribution is 2.10. The van der Waals surface area contributed by atoms with E-state index in [4.69, 9.17) is 22.9 Å². The molecular weight excluding hydrogens is 460 g/mol. The number of hydrogen-bond donors (Lipinski definition) is 8. The van der Waals surface area contributed by atoms with E-state index in [0.29, 0.717) is 6.42 Å². The molecule has 0 saturated heterocycles. The summed E-state index contributed by atoms with van der Waals surface area (Å²) in [5, 5.41) is 16.8. The third-order valence-electron chi connectivity index (χ3n) is 5.41. The molecule has 0 bridgehead atoms. The van der Waals surface area contributed by atoms with Gasteiger partial charge in [0.1, 0.15) is 18.1 Å². The summed E-state index contributed by atoms with van der Waals surface area (Å²) in [5.41, 5.74) is 21.6. The van der Waals surface area contributed by atoms with E-state index in [1.165, 1.54) is 0 Å². The number of nitrogens with zero attached hydrogens (tertiary/aromatic N) is 1. The second-order valence-electron chi connectivity index (χ2n) is 8.72. The maximum atomic E-state index is 12.9. The van der Waals surface area contributed by atoms with Crippen LogP contribution in [0, 0.1) is 11.8 Å². The smallest absolute Gasteiger partial charge is 0.326 e. The van der Waals surface area contributed by atoms with Gasteiger partial charge in [0, 0.05) is 6.54 Å². The van der Waals surface area contributed by atoms with Gasteiger partial charge in [0.15, 0.2) is 5.96 Å². The van der Waals surface area contributed by atoms with E-state index < -0.39 is 60.2 Å². The highest BCUT2D eigenvalue weighted by atomic mass is 16.4. The number of nitrogens with one attached hydrogen (secondary N) is 3. The van der Waals surface area contributed by atoms with Gasteiger partial charge in [0.25, 0.3) is 0 Å². The minimum Gasteiger partial charge on any atom is -0.480 e. The molecule has 0 aliphatic rings. The number of carbonyl (C=O) groups is 5. The van der Waals surface area contributed by atoms with Gasteiger partial charge in [0.2, 0.25) is 23.6 Å². The molecule has 0 fully saturated rings. The average Bonchev–Trinajstić information content (AvgIpc) is 2.76. The van der Waals surface area contributed by atoms with Gasteiger partial charge in [-0.25, -0.2) is 4.79 Å².